The lowest BCUT2D eigenvalue weighted by Gasteiger charge is -2.29. The lowest BCUT2D eigenvalue weighted by atomic mass is 10.1. The van der Waals surface area contributed by atoms with Gasteiger partial charge in [-0.25, -0.2) is 0 Å². The third kappa shape index (κ3) is 4.31. The standard InChI is InChI=1S/C22H26N2O3/c1-15-12-18-13-19(6-7-21(18)27-15)23-22(26)17-4-2-16(3-5-17)14-24-10-8-20(25)9-11-24/h2-7,13,15,20,25H,8-12,14H2,1H3,(H,23,26). The summed E-state index contributed by atoms with van der Waals surface area (Å²) in [5.41, 5.74) is 3.78. The van der Waals surface area contributed by atoms with Gasteiger partial charge in [0, 0.05) is 37.3 Å². The molecule has 2 N–H and O–H groups in total. The van der Waals surface area contributed by atoms with Crippen LogP contribution in [0.1, 0.15) is 41.3 Å². The van der Waals surface area contributed by atoms with Crippen LogP contribution < -0.4 is 10.1 Å². The van der Waals surface area contributed by atoms with Crippen LogP contribution in [0.4, 0.5) is 5.69 Å². The Hall–Kier alpha value is -2.37. The minimum Gasteiger partial charge on any atom is -0.490 e. The molecular formula is C22H26N2O3. The third-order valence-electron chi connectivity index (χ3n) is 5.33. The van der Waals surface area contributed by atoms with Crippen molar-refractivity contribution in [1.82, 2.24) is 4.90 Å². The first-order valence-electron chi connectivity index (χ1n) is 9.67. The van der Waals surface area contributed by atoms with Crippen molar-refractivity contribution in [2.75, 3.05) is 18.4 Å². The number of aliphatic hydroxyl groups excluding tert-OH is 1. The Morgan fingerprint density at radius 2 is 1.93 bits per heavy atom. The molecule has 2 aliphatic rings. The van der Waals surface area contributed by atoms with Crippen LogP contribution in [0.15, 0.2) is 42.5 Å². The van der Waals surface area contributed by atoms with Crippen LogP contribution in [-0.2, 0) is 13.0 Å². The van der Waals surface area contributed by atoms with E-state index in [4.69, 9.17) is 4.74 Å². The van der Waals surface area contributed by atoms with Crippen molar-refractivity contribution < 1.29 is 14.6 Å². The zero-order chi connectivity index (χ0) is 18.8. The van der Waals surface area contributed by atoms with Crippen molar-refractivity contribution in [2.45, 2.75) is 44.9 Å². The summed E-state index contributed by atoms with van der Waals surface area (Å²) in [7, 11) is 0. The molecular weight excluding hydrogens is 340 g/mol. The number of nitrogens with zero attached hydrogens (tertiary/aromatic N) is 1. The number of carbonyl (C=O) groups is 1. The van der Waals surface area contributed by atoms with E-state index in [-0.39, 0.29) is 18.1 Å². The molecule has 2 aromatic rings. The van der Waals surface area contributed by atoms with Crippen LogP contribution >= 0.6 is 0 Å². The van der Waals surface area contributed by atoms with Gasteiger partial charge in [0.05, 0.1) is 6.10 Å². The number of piperidine rings is 1. The summed E-state index contributed by atoms with van der Waals surface area (Å²) in [5.74, 6) is 0.810. The number of nitrogens with one attached hydrogen (secondary N) is 1. The number of carbonyl (C=O) groups excluding carboxylic acids is 1. The van der Waals surface area contributed by atoms with Gasteiger partial charge >= 0.3 is 0 Å². The van der Waals surface area contributed by atoms with Gasteiger partial charge in [-0.15, -0.1) is 0 Å². The second-order valence-corrected chi connectivity index (χ2v) is 7.61. The van der Waals surface area contributed by atoms with Gasteiger partial charge in [-0.1, -0.05) is 12.1 Å². The highest BCUT2D eigenvalue weighted by Crippen LogP contribution is 2.31. The number of aliphatic hydroxyl groups is 1. The average molecular weight is 366 g/mol. The van der Waals surface area contributed by atoms with Crippen LogP contribution in [-0.4, -0.2) is 41.2 Å². The lowest BCUT2D eigenvalue weighted by molar-refractivity contribution is 0.0792. The number of hydrogen-bond acceptors (Lipinski definition) is 4. The summed E-state index contributed by atoms with van der Waals surface area (Å²) in [4.78, 5) is 14.9. The first kappa shape index (κ1) is 18.0. The molecule has 1 fully saturated rings. The molecule has 4 rings (SSSR count). The topological polar surface area (TPSA) is 61.8 Å². The van der Waals surface area contributed by atoms with E-state index < -0.39 is 0 Å². The first-order chi connectivity index (χ1) is 13.1. The number of anilines is 1. The molecule has 1 amide bonds. The molecule has 2 heterocycles. The maximum atomic E-state index is 12.5. The Kier molecular flexibility index (Phi) is 5.14. The van der Waals surface area contributed by atoms with Gasteiger partial charge in [0.1, 0.15) is 11.9 Å². The minimum absolute atomic E-state index is 0.102. The Bertz CT molecular complexity index is 811. The van der Waals surface area contributed by atoms with E-state index in [2.05, 4.69) is 10.2 Å². The second kappa shape index (κ2) is 7.71. The Morgan fingerprint density at radius 1 is 1.19 bits per heavy atom. The van der Waals surface area contributed by atoms with E-state index >= 15 is 0 Å². The third-order valence-corrected chi connectivity index (χ3v) is 5.33. The Morgan fingerprint density at radius 3 is 2.67 bits per heavy atom. The molecule has 0 aliphatic carbocycles. The number of hydrogen-bond donors (Lipinski definition) is 2. The minimum atomic E-state index is -0.152. The van der Waals surface area contributed by atoms with Gasteiger partial charge in [-0.05, 0) is 61.2 Å². The summed E-state index contributed by atoms with van der Waals surface area (Å²) in [5, 5.41) is 12.6. The highest BCUT2D eigenvalue weighted by molar-refractivity contribution is 6.04. The summed E-state index contributed by atoms with van der Waals surface area (Å²) in [6.45, 7) is 4.75. The Labute approximate surface area is 160 Å². The van der Waals surface area contributed by atoms with Crippen molar-refractivity contribution in [3.63, 3.8) is 0 Å². The highest BCUT2D eigenvalue weighted by atomic mass is 16.5. The normalized spacial score (nSPS) is 20.1. The smallest absolute Gasteiger partial charge is 0.255 e. The number of rotatable bonds is 4. The molecule has 1 unspecified atom stereocenters. The van der Waals surface area contributed by atoms with Gasteiger partial charge in [-0.3, -0.25) is 9.69 Å². The lowest BCUT2D eigenvalue weighted by Crippen LogP contribution is -2.35. The van der Waals surface area contributed by atoms with Crippen molar-refractivity contribution >= 4 is 11.6 Å². The predicted octanol–water partition coefficient (Wildman–Crippen LogP) is 3.22. The second-order valence-electron chi connectivity index (χ2n) is 7.61. The number of amides is 1. The zero-order valence-corrected chi connectivity index (χ0v) is 15.6. The van der Waals surface area contributed by atoms with E-state index in [9.17, 15) is 9.90 Å². The maximum absolute atomic E-state index is 12.5. The summed E-state index contributed by atoms with van der Waals surface area (Å²) < 4.78 is 5.70. The van der Waals surface area contributed by atoms with Crippen molar-refractivity contribution in [1.29, 1.82) is 0 Å². The van der Waals surface area contributed by atoms with Crippen LogP contribution in [0.25, 0.3) is 0 Å². The summed E-state index contributed by atoms with van der Waals surface area (Å²) >= 11 is 0. The molecule has 5 nitrogen and oxygen atoms in total. The average Bonchev–Trinajstić information content (AvgIpc) is 3.03. The first-order valence-corrected chi connectivity index (χ1v) is 9.67. The number of likely N-dealkylation sites (tertiary alicyclic amines) is 1. The van der Waals surface area contributed by atoms with E-state index in [0.717, 1.165) is 55.9 Å². The Balaban J connectivity index is 1.36. The van der Waals surface area contributed by atoms with Gasteiger partial charge < -0.3 is 15.2 Å². The van der Waals surface area contributed by atoms with E-state index in [1.165, 1.54) is 5.56 Å². The molecule has 142 valence electrons. The van der Waals surface area contributed by atoms with Crippen molar-refractivity contribution in [2.24, 2.45) is 0 Å². The van der Waals surface area contributed by atoms with Crippen LogP contribution in [0.2, 0.25) is 0 Å². The molecule has 0 bridgehead atoms. The monoisotopic (exact) mass is 366 g/mol. The van der Waals surface area contributed by atoms with Crippen LogP contribution in [0, 0.1) is 0 Å². The fourth-order valence-corrected chi connectivity index (χ4v) is 3.80. The quantitative estimate of drug-likeness (QED) is 0.872. The number of benzene rings is 2. The predicted molar refractivity (Wildman–Crippen MR) is 105 cm³/mol. The number of fused-ring (bicyclic) bond motifs is 1. The zero-order valence-electron chi connectivity index (χ0n) is 15.6. The van der Waals surface area contributed by atoms with E-state index in [1.54, 1.807) is 0 Å². The summed E-state index contributed by atoms with van der Waals surface area (Å²) in [6, 6.07) is 13.6. The molecule has 1 atom stereocenters. The molecule has 0 spiro atoms. The molecule has 2 aromatic carbocycles. The van der Waals surface area contributed by atoms with Gasteiger partial charge in [0.25, 0.3) is 5.91 Å². The van der Waals surface area contributed by atoms with Gasteiger partial charge in [0.15, 0.2) is 0 Å². The summed E-state index contributed by atoms with van der Waals surface area (Å²) in [6.07, 6.45) is 2.60. The largest absolute Gasteiger partial charge is 0.490 e. The van der Waals surface area contributed by atoms with Crippen LogP contribution in [0.5, 0.6) is 5.75 Å². The SMILES string of the molecule is CC1Cc2cc(NC(=O)c3ccc(CN4CCC(O)CC4)cc3)ccc2O1. The molecule has 27 heavy (non-hydrogen) atoms. The number of ether oxygens (including phenoxy) is 1. The van der Waals surface area contributed by atoms with E-state index in [1.807, 2.05) is 49.4 Å². The van der Waals surface area contributed by atoms with Crippen LogP contribution in [0.3, 0.4) is 0 Å². The maximum Gasteiger partial charge on any atom is 0.255 e. The van der Waals surface area contributed by atoms with Gasteiger partial charge in [-0.2, -0.15) is 0 Å². The molecule has 5 heteroatoms. The van der Waals surface area contributed by atoms with E-state index in [0.29, 0.717) is 5.56 Å². The molecule has 0 saturated carbocycles. The highest BCUT2D eigenvalue weighted by Gasteiger charge is 2.20. The van der Waals surface area contributed by atoms with Gasteiger partial charge in [0.2, 0.25) is 0 Å². The van der Waals surface area contributed by atoms with Crippen molar-refractivity contribution in [3.05, 3.63) is 59.2 Å². The molecule has 0 aromatic heterocycles. The van der Waals surface area contributed by atoms with Crippen molar-refractivity contribution in [3.8, 4) is 5.75 Å². The fourth-order valence-electron chi connectivity index (χ4n) is 3.80. The molecule has 1 saturated heterocycles. The fraction of sp³-hybridized carbons (Fsp3) is 0.409. The molecule has 0 radical (unpaired) electrons. The molecule has 2 aliphatic heterocycles.